The molecule has 0 atom stereocenters. The first-order valence-electron chi connectivity index (χ1n) is 8.74. The molecule has 0 aliphatic heterocycles. The fourth-order valence-electron chi connectivity index (χ4n) is 2.90. The average molecular weight is 480 g/mol. The predicted octanol–water partition coefficient (Wildman–Crippen LogP) is 6.40. The lowest BCUT2D eigenvalue weighted by molar-refractivity contribution is 0.0479. The van der Waals surface area contributed by atoms with Crippen molar-refractivity contribution in [2.45, 2.75) is 6.92 Å². The van der Waals surface area contributed by atoms with E-state index >= 15 is 0 Å². The van der Waals surface area contributed by atoms with E-state index in [2.05, 4.69) is 5.10 Å². The summed E-state index contributed by atoms with van der Waals surface area (Å²) in [5, 5.41) is 6.63. The van der Waals surface area contributed by atoms with Crippen LogP contribution in [0.4, 0.5) is 0 Å². The molecule has 5 nitrogen and oxygen atoms in total. The SMILES string of the molecule is Cc1nn(-c2ccc(Cl)cc2)c2sc(C(=O)OCC(=O)c3ccc(Cl)cc3Cl)cc12. The molecule has 9 heteroatoms. The molecule has 2 aromatic heterocycles. The Balaban J connectivity index is 1.54. The number of halogens is 3. The van der Waals surface area contributed by atoms with Gasteiger partial charge in [-0.05, 0) is 55.5 Å². The number of thiophene rings is 1. The molecule has 0 aliphatic carbocycles. The van der Waals surface area contributed by atoms with Gasteiger partial charge in [-0.15, -0.1) is 11.3 Å². The third-order valence-corrected chi connectivity index (χ3v) is 6.27. The van der Waals surface area contributed by atoms with Gasteiger partial charge < -0.3 is 4.74 Å². The lowest BCUT2D eigenvalue weighted by Crippen LogP contribution is -2.14. The number of ketones is 1. The minimum absolute atomic E-state index is 0.212. The average Bonchev–Trinajstić information content (AvgIpc) is 3.27. The van der Waals surface area contributed by atoms with Crippen molar-refractivity contribution in [3.05, 3.63) is 79.7 Å². The number of nitrogens with zero attached hydrogens (tertiary/aromatic N) is 2. The van der Waals surface area contributed by atoms with E-state index in [-0.39, 0.29) is 10.6 Å². The van der Waals surface area contributed by atoms with Crippen LogP contribution in [-0.4, -0.2) is 28.1 Å². The monoisotopic (exact) mass is 478 g/mol. The summed E-state index contributed by atoms with van der Waals surface area (Å²) >= 11 is 19.1. The van der Waals surface area contributed by atoms with E-state index in [0.717, 1.165) is 21.6 Å². The second-order valence-electron chi connectivity index (χ2n) is 6.43. The summed E-state index contributed by atoms with van der Waals surface area (Å²) in [5.74, 6) is -0.994. The molecule has 2 heterocycles. The number of aryl methyl sites for hydroxylation is 1. The number of esters is 1. The summed E-state index contributed by atoms with van der Waals surface area (Å²) in [7, 11) is 0. The molecule has 30 heavy (non-hydrogen) atoms. The Labute approximate surface area is 190 Å². The van der Waals surface area contributed by atoms with E-state index in [0.29, 0.717) is 14.9 Å². The van der Waals surface area contributed by atoms with Gasteiger partial charge in [-0.25, -0.2) is 9.48 Å². The summed E-state index contributed by atoms with van der Waals surface area (Å²) in [6, 6.07) is 13.5. The summed E-state index contributed by atoms with van der Waals surface area (Å²) in [4.78, 5) is 26.0. The van der Waals surface area contributed by atoms with Crippen molar-refractivity contribution in [1.29, 1.82) is 0 Å². The molecule has 0 N–H and O–H groups in total. The molecule has 0 saturated carbocycles. The third kappa shape index (κ3) is 4.09. The summed E-state index contributed by atoms with van der Waals surface area (Å²) in [6.45, 7) is 1.44. The predicted molar refractivity (Wildman–Crippen MR) is 120 cm³/mol. The zero-order chi connectivity index (χ0) is 21.4. The first-order chi connectivity index (χ1) is 14.3. The van der Waals surface area contributed by atoms with Crippen LogP contribution in [0.25, 0.3) is 15.9 Å². The second-order valence-corrected chi connectivity index (χ2v) is 8.74. The van der Waals surface area contributed by atoms with Gasteiger partial charge >= 0.3 is 5.97 Å². The van der Waals surface area contributed by atoms with Crippen LogP contribution >= 0.6 is 46.1 Å². The quantitative estimate of drug-likeness (QED) is 0.246. The lowest BCUT2D eigenvalue weighted by atomic mass is 10.1. The van der Waals surface area contributed by atoms with Crippen molar-refractivity contribution in [2.75, 3.05) is 6.61 Å². The van der Waals surface area contributed by atoms with Crippen LogP contribution in [-0.2, 0) is 4.74 Å². The van der Waals surface area contributed by atoms with E-state index < -0.39 is 18.4 Å². The number of benzene rings is 2. The Bertz CT molecular complexity index is 1280. The highest BCUT2D eigenvalue weighted by atomic mass is 35.5. The van der Waals surface area contributed by atoms with Gasteiger partial charge in [-0.2, -0.15) is 5.10 Å². The molecule has 0 radical (unpaired) electrons. The summed E-state index contributed by atoms with van der Waals surface area (Å²) in [6.07, 6.45) is 0. The van der Waals surface area contributed by atoms with Gasteiger partial charge in [0.1, 0.15) is 9.71 Å². The zero-order valence-electron chi connectivity index (χ0n) is 15.5. The molecular formula is C21H13Cl3N2O3S. The Morgan fingerprint density at radius 3 is 2.43 bits per heavy atom. The number of ether oxygens (including phenoxy) is 1. The van der Waals surface area contributed by atoms with E-state index in [9.17, 15) is 9.59 Å². The van der Waals surface area contributed by atoms with Crippen molar-refractivity contribution in [3.63, 3.8) is 0 Å². The highest BCUT2D eigenvalue weighted by molar-refractivity contribution is 7.20. The van der Waals surface area contributed by atoms with Gasteiger partial charge in [0.05, 0.1) is 16.4 Å². The summed E-state index contributed by atoms with van der Waals surface area (Å²) in [5.41, 5.74) is 1.85. The van der Waals surface area contributed by atoms with Gasteiger partial charge in [0, 0.05) is 21.0 Å². The van der Waals surface area contributed by atoms with Crippen LogP contribution in [0.2, 0.25) is 15.1 Å². The van der Waals surface area contributed by atoms with Crippen molar-refractivity contribution in [2.24, 2.45) is 0 Å². The zero-order valence-corrected chi connectivity index (χ0v) is 18.6. The largest absolute Gasteiger partial charge is 0.453 e. The van der Waals surface area contributed by atoms with Crippen LogP contribution in [0.5, 0.6) is 0 Å². The molecule has 4 aromatic rings. The molecule has 0 spiro atoms. The smallest absolute Gasteiger partial charge is 0.348 e. The normalized spacial score (nSPS) is 11.1. The van der Waals surface area contributed by atoms with Crippen LogP contribution in [0, 0.1) is 6.92 Å². The highest BCUT2D eigenvalue weighted by Crippen LogP contribution is 2.31. The van der Waals surface area contributed by atoms with E-state index in [4.69, 9.17) is 39.5 Å². The molecule has 0 amide bonds. The van der Waals surface area contributed by atoms with E-state index in [1.165, 1.54) is 23.5 Å². The molecule has 0 fully saturated rings. The molecular weight excluding hydrogens is 467 g/mol. The molecule has 0 bridgehead atoms. The van der Waals surface area contributed by atoms with Crippen molar-refractivity contribution in [1.82, 2.24) is 9.78 Å². The molecule has 4 rings (SSSR count). The van der Waals surface area contributed by atoms with Crippen LogP contribution < -0.4 is 0 Å². The number of rotatable bonds is 5. The first-order valence-corrected chi connectivity index (χ1v) is 10.7. The Hall–Kier alpha value is -2.38. The fourth-order valence-corrected chi connectivity index (χ4v) is 4.62. The van der Waals surface area contributed by atoms with Crippen LogP contribution in [0.3, 0.4) is 0 Å². The number of aromatic nitrogens is 2. The minimum atomic E-state index is -0.586. The Morgan fingerprint density at radius 1 is 1.03 bits per heavy atom. The molecule has 152 valence electrons. The minimum Gasteiger partial charge on any atom is -0.453 e. The fraction of sp³-hybridized carbons (Fsp3) is 0.0952. The van der Waals surface area contributed by atoms with Gasteiger partial charge in [-0.3, -0.25) is 4.79 Å². The molecule has 0 unspecified atom stereocenters. The van der Waals surface area contributed by atoms with Gasteiger partial charge in [0.25, 0.3) is 0 Å². The highest BCUT2D eigenvalue weighted by Gasteiger charge is 2.20. The maximum atomic E-state index is 12.5. The van der Waals surface area contributed by atoms with Crippen LogP contribution in [0.15, 0.2) is 48.5 Å². The standard InChI is InChI=1S/C21H13Cl3N2O3S/c1-11-16-9-19(30-20(16)26(25-11)14-5-2-12(22)3-6-14)21(28)29-10-18(27)15-7-4-13(23)8-17(15)24/h2-9H,10H2,1H3. The molecule has 0 aliphatic rings. The number of Topliss-reactive ketones (excluding diaryl/α,β-unsaturated/α-hetero) is 1. The van der Waals surface area contributed by atoms with Crippen molar-refractivity contribution >= 4 is 68.1 Å². The van der Waals surface area contributed by atoms with Crippen molar-refractivity contribution < 1.29 is 14.3 Å². The number of hydrogen-bond acceptors (Lipinski definition) is 5. The molecule has 2 aromatic carbocycles. The lowest BCUT2D eigenvalue weighted by Gasteiger charge is -2.05. The third-order valence-electron chi connectivity index (χ3n) is 4.38. The van der Waals surface area contributed by atoms with Gasteiger partial charge in [0.2, 0.25) is 5.78 Å². The topological polar surface area (TPSA) is 61.2 Å². The number of fused-ring (bicyclic) bond motifs is 1. The first kappa shape index (κ1) is 20.9. The van der Waals surface area contributed by atoms with Crippen molar-refractivity contribution in [3.8, 4) is 5.69 Å². The van der Waals surface area contributed by atoms with Gasteiger partial charge in [-0.1, -0.05) is 34.8 Å². The number of hydrogen-bond donors (Lipinski definition) is 0. The Kier molecular flexibility index (Phi) is 5.84. The van der Waals surface area contributed by atoms with Crippen LogP contribution in [0.1, 0.15) is 25.7 Å². The second kappa shape index (κ2) is 8.40. The maximum absolute atomic E-state index is 12.5. The molecule has 0 saturated heterocycles. The van der Waals surface area contributed by atoms with E-state index in [1.807, 2.05) is 19.1 Å². The van der Waals surface area contributed by atoms with E-state index in [1.54, 1.807) is 28.9 Å². The number of carbonyl (C=O) groups excluding carboxylic acids is 2. The number of carbonyl (C=O) groups is 2. The Morgan fingerprint density at radius 2 is 1.73 bits per heavy atom. The maximum Gasteiger partial charge on any atom is 0.348 e. The summed E-state index contributed by atoms with van der Waals surface area (Å²) < 4.78 is 6.96. The van der Waals surface area contributed by atoms with Gasteiger partial charge in [0.15, 0.2) is 6.61 Å².